The van der Waals surface area contributed by atoms with Crippen molar-refractivity contribution in [1.82, 2.24) is 4.90 Å². The van der Waals surface area contributed by atoms with Gasteiger partial charge in [0.05, 0.1) is 32.0 Å². The summed E-state index contributed by atoms with van der Waals surface area (Å²) >= 11 is 0. The third-order valence-electron chi connectivity index (χ3n) is 6.94. The number of hydrogen-bond donors (Lipinski definition) is 1. The number of morpholine rings is 1. The molecule has 0 radical (unpaired) electrons. The SMILES string of the molecule is O=C(O)CC/C=C/CCC1C(OCc2ccc(-c3ccccc3)cc2)CC(=O)C1N1CCOCC1. The number of aliphatic carboxylic acids is 1. The predicted molar refractivity (Wildman–Crippen MR) is 135 cm³/mol. The zero-order chi connectivity index (χ0) is 24.5. The maximum atomic E-state index is 13.1. The largest absolute Gasteiger partial charge is 0.481 e. The van der Waals surface area contributed by atoms with Crippen LogP contribution >= 0.6 is 0 Å². The van der Waals surface area contributed by atoms with Gasteiger partial charge in [0.1, 0.15) is 0 Å². The second kappa shape index (κ2) is 12.8. The average Bonchev–Trinajstić information content (AvgIpc) is 3.20. The van der Waals surface area contributed by atoms with Gasteiger partial charge in [-0.3, -0.25) is 14.5 Å². The number of carbonyl (C=O) groups excluding carboxylic acids is 1. The average molecular weight is 478 g/mol. The minimum atomic E-state index is -0.784. The van der Waals surface area contributed by atoms with Crippen LogP contribution in [0.5, 0.6) is 0 Å². The van der Waals surface area contributed by atoms with Crippen molar-refractivity contribution in [3.05, 3.63) is 72.3 Å². The van der Waals surface area contributed by atoms with Gasteiger partial charge in [-0.05, 0) is 36.0 Å². The van der Waals surface area contributed by atoms with E-state index in [0.29, 0.717) is 32.7 Å². The van der Waals surface area contributed by atoms with Crippen LogP contribution in [0.1, 0.15) is 37.7 Å². The Hall–Kier alpha value is -2.80. The Balaban J connectivity index is 1.38. The predicted octanol–water partition coefficient (Wildman–Crippen LogP) is 4.73. The number of rotatable bonds is 11. The number of benzene rings is 2. The van der Waals surface area contributed by atoms with Crippen molar-refractivity contribution in [2.75, 3.05) is 26.3 Å². The molecule has 6 heteroatoms. The van der Waals surface area contributed by atoms with E-state index in [1.165, 1.54) is 11.1 Å². The smallest absolute Gasteiger partial charge is 0.303 e. The number of hydrogen-bond acceptors (Lipinski definition) is 5. The van der Waals surface area contributed by atoms with Crippen LogP contribution in [0.25, 0.3) is 11.1 Å². The quantitative estimate of drug-likeness (QED) is 0.472. The van der Waals surface area contributed by atoms with E-state index < -0.39 is 5.97 Å². The molecule has 3 unspecified atom stereocenters. The minimum absolute atomic E-state index is 0.114. The first-order valence-electron chi connectivity index (χ1n) is 12.6. The van der Waals surface area contributed by atoms with Crippen LogP contribution < -0.4 is 0 Å². The van der Waals surface area contributed by atoms with Gasteiger partial charge in [0.25, 0.3) is 0 Å². The lowest BCUT2D eigenvalue weighted by Crippen LogP contribution is -2.49. The molecule has 1 aliphatic heterocycles. The highest BCUT2D eigenvalue weighted by atomic mass is 16.5. The molecule has 35 heavy (non-hydrogen) atoms. The number of nitrogens with zero attached hydrogens (tertiary/aromatic N) is 1. The molecule has 2 aliphatic rings. The van der Waals surface area contributed by atoms with E-state index in [4.69, 9.17) is 14.6 Å². The molecule has 2 aromatic carbocycles. The molecule has 0 bridgehead atoms. The maximum absolute atomic E-state index is 13.1. The van der Waals surface area contributed by atoms with Crippen molar-refractivity contribution in [2.24, 2.45) is 5.92 Å². The summed E-state index contributed by atoms with van der Waals surface area (Å²) in [7, 11) is 0. The molecule has 2 aromatic rings. The Morgan fingerprint density at radius 2 is 1.69 bits per heavy atom. The van der Waals surface area contributed by atoms with Gasteiger partial charge < -0.3 is 14.6 Å². The Morgan fingerprint density at radius 1 is 1.00 bits per heavy atom. The number of Topliss-reactive ketones (excluding diaryl/α,β-unsaturated/α-hetero) is 1. The molecule has 0 amide bonds. The van der Waals surface area contributed by atoms with Crippen molar-refractivity contribution < 1.29 is 24.2 Å². The Labute approximate surface area is 207 Å². The summed E-state index contributed by atoms with van der Waals surface area (Å²) in [6.07, 6.45) is 6.63. The molecule has 1 saturated carbocycles. The van der Waals surface area contributed by atoms with E-state index in [-0.39, 0.29) is 30.3 Å². The summed E-state index contributed by atoms with van der Waals surface area (Å²) in [4.78, 5) is 26.1. The van der Waals surface area contributed by atoms with Crippen LogP contribution in [0.2, 0.25) is 0 Å². The first-order chi connectivity index (χ1) is 17.1. The van der Waals surface area contributed by atoms with Crippen molar-refractivity contribution in [3.8, 4) is 11.1 Å². The normalized spacial score (nSPS) is 23.2. The number of carboxylic acids is 1. The summed E-state index contributed by atoms with van der Waals surface area (Å²) in [6.45, 7) is 3.34. The topological polar surface area (TPSA) is 76.1 Å². The fourth-order valence-corrected chi connectivity index (χ4v) is 5.13. The van der Waals surface area contributed by atoms with E-state index in [1.54, 1.807) is 0 Å². The highest BCUT2D eigenvalue weighted by Crippen LogP contribution is 2.35. The number of ketones is 1. The van der Waals surface area contributed by atoms with Crippen molar-refractivity contribution in [2.45, 2.75) is 50.9 Å². The Bertz CT molecular complexity index is 982. The molecule has 1 heterocycles. The van der Waals surface area contributed by atoms with E-state index in [2.05, 4.69) is 41.3 Å². The molecule has 1 saturated heterocycles. The van der Waals surface area contributed by atoms with Gasteiger partial charge in [-0.25, -0.2) is 0 Å². The van der Waals surface area contributed by atoms with Crippen LogP contribution in [0.4, 0.5) is 0 Å². The van der Waals surface area contributed by atoms with Crippen molar-refractivity contribution in [3.63, 3.8) is 0 Å². The van der Waals surface area contributed by atoms with Gasteiger partial charge in [0.2, 0.25) is 0 Å². The van der Waals surface area contributed by atoms with Crippen LogP contribution in [0.3, 0.4) is 0 Å². The van der Waals surface area contributed by atoms with E-state index in [1.807, 2.05) is 30.4 Å². The summed E-state index contributed by atoms with van der Waals surface area (Å²) < 4.78 is 11.9. The lowest BCUT2D eigenvalue weighted by atomic mass is 9.93. The Kier molecular flexibility index (Phi) is 9.23. The lowest BCUT2D eigenvalue weighted by Gasteiger charge is -2.35. The molecule has 186 valence electrons. The Morgan fingerprint density at radius 3 is 2.40 bits per heavy atom. The minimum Gasteiger partial charge on any atom is -0.481 e. The molecule has 4 rings (SSSR count). The first kappa shape index (κ1) is 25.3. The van der Waals surface area contributed by atoms with E-state index >= 15 is 0 Å². The fourth-order valence-electron chi connectivity index (χ4n) is 5.13. The second-order valence-corrected chi connectivity index (χ2v) is 9.32. The second-order valence-electron chi connectivity index (χ2n) is 9.32. The zero-order valence-electron chi connectivity index (χ0n) is 20.2. The van der Waals surface area contributed by atoms with Gasteiger partial charge in [-0.2, -0.15) is 0 Å². The number of allylic oxidation sites excluding steroid dienone is 2. The van der Waals surface area contributed by atoms with Crippen LogP contribution in [-0.4, -0.2) is 60.2 Å². The highest BCUT2D eigenvalue weighted by molar-refractivity contribution is 5.87. The monoisotopic (exact) mass is 477 g/mol. The number of ether oxygens (including phenoxy) is 2. The molecule has 0 spiro atoms. The van der Waals surface area contributed by atoms with Crippen LogP contribution in [-0.2, 0) is 25.7 Å². The molecular weight excluding hydrogens is 442 g/mol. The summed E-state index contributed by atoms with van der Waals surface area (Å²) in [5.41, 5.74) is 3.45. The molecule has 1 N–H and O–H groups in total. The van der Waals surface area contributed by atoms with Gasteiger partial charge in [0, 0.05) is 31.8 Å². The van der Waals surface area contributed by atoms with Crippen LogP contribution in [0.15, 0.2) is 66.7 Å². The fraction of sp³-hybridized carbons (Fsp3) is 0.448. The molecular formula is C29H35NO5. The molecule has 0 aromatic heterocycles. The number of carbonyl (C=O) groups is 2. The third-order valence-corrected chi connectivity index (χ3v) is 6.94. The molecule has 3 atom stereocenters. The highest BCUT2D eigenvalue weighted by Gasteiger charge is 2.45. The van der Waals surface area contributed by atoms with Gasteiger partial charge in [-0.1, -0.05) is 66.7 Å². The lowest BCUT2D eigenvalue weighted by molar-refractivity contribution is -0.136. The third kappa shape index (κ3) is 7.10. The molecule has 6 nitrogen and oxygen atoms in total. The summed E-state index contributed by atoms with van der Waals surface area (Å²) in [5, 5.41) is 8.81. The van der Waals surface area contributed by atoms with Crippen LogP contribution in [0, 0.1) is 5.92 Å². The molecule has 2 fully saturated rings. The van der Waals surface area contributed by atoms with E-state index in [0.717, 1.165) is 31.5 Å². The number of carboxylic acid groups (broad SMARTS) is 1. The van der Waals surface area contributed by atoms with E-state index in [9.17, 15) is 9.59 Å². The zero-order valence-corrected chi connectivity index (χ0v) is 20.2. The van der Waals surface area contributed by atoms with Gasteiger partial charge >= 0.3 is 5.97 Å². The standard InChI is InChI=1S/C29H35NO5/c31-26-20-27(35-21-22-12-14-24(15-13-22)23-8-4-3-5-9-23)25(10-6-1-2-7-11-28(32)33)29(26)30-16-18-34-19-17-30/h1-5,8-9,12-15,25,27,29H,6-7,10-11,16-21H2,(H,32,33)/b2-1+. The van der Waals surface area contributed by atoms with Crippen molar-refractivity contribution in [1.29, 1.82) is 0 Å². The van der Waals surface area contributed by atoms with Gasteiger partial charge in [0.15, 0.2) is 5.78 Å². The summed E-state index contributed by atoms with van der Waals surface area (Å²) in [6, 6.07) is 18.6. The summed E-state index contributed by atoms with van der Waals surface area (Å²) in [5.74, 6) is -0.404. The molecule has 1 aliphatic carbocycles. The van der Waals surface area contributed by atoms with Gasteiger partial charge in [-0.15, -0.1) is 0 Å². The maximum Gasteiger partial charge on any atom is 0.303 e. The van der Waals surface area contributed by atoms with Crippen molar-refractivity contribution >= 4 is 11.8 Å². The first-order valence-corrected chi connectivity index (χ1v) is 12.6.